The highest BCUT2D eigenvalue weighted by Gasteiger charge is 2.24. The molecule has 2 rings (SSSR count). The minimum atomic E-state index is 0.744. The van der Waals surface area contributed by atoms with Crippen molar-refractivity contribution in [2.45, 2.75) is 64.8 Å². The number of nitrogens with one attached hydrogen (secondary N) is 1. The molecule has 102 valence electrons. The van der Waals surface area contributed by atoms with Crippen LogP contribution in [0.4, 0.5) is 0 Å². The molecule has 1 N–H and O–H groups in total. The SMILES string of the molecule is CCc1nc(C2CCC(CC)CC2)sc1CNC. The quantitative estimate of drug-likeness (QED) is 0.867. The molecule has 1 aliphatic rings. The lowest BCUT2D eigenvalue weighted by molar-refractivity contribution is 0.318. The molecule has 0 radical (unpaired) electrons. The zero-order valence-corrected chi connectivity index (χ0v) is 12.8. The summed E-state index contributed by atoms with van der Waals surface area (Å²) in [5, 5.41) is 4.67. The molecule has 1 aliphatic carbocycles. The highest BCUT2D eigenvalue weighted by atomic mass is 32.1. The fourth-order valence-corrected chi connectivity index (χ4v) is 4.31. The number of aromatic nitrogens is 1. The number of thiazole rings is 1. The number of hydrogen-bond acceptors (Lipinski definition) is 3. The van der Waals surface area contributed by atoms with Gasteiger partial charge in [0.15, 0.2) is 0 Å². The van der Waals surface area contributed by atoms with Crippen molar-refractivity contribution in [3.8, 4) is 0 Å². The van der Waals surface area contributed by atoms with Crippen molar-refractivity contribution in [2.75, 3.05) is 7.05 Å². The van der Waals surface area contributed by atoms with Crippen LogP contribution in [0.5, 0.6) is 0 Å². The van der Waals surface area contributed by atoms with E-state index in [1.807, 2.05) is 18.4 Å². The summed E-state index contributed by atoms with van der Waals surface area (Å²) in [7, 11) is 2.02. The van der Waals surface area contributed by atoms with Crippen LogP contribution in [-0.2, 0) is 13.0 Å². The minimum Gasteiger partial charge on any atom is -0.315 e. The van der Waals surface area contributed by atoms with Gasteiger partial charge >= 0.3 is 0 Å². The lowest BCUT2D eigenvalue weighted by Gasteiger charge is -2.26. The van der Waals surface area contributed by atoms with E-state index in [1.54, 1.807) is 0 Å². The van der Waals surface area contributed by atoms with E-state index in [9.17, 15) is 0 Å². The summed E-state index contributed by atoms with van der Waals surface area (Å²) in [5.41, 5.74) is 1.32. The molecule has 0 aromatic carbocycles. The number of hydrogen-bond donors (Lipinski definition) is 1. The van der Waals surface area contributed by atoms with Gasteiger partial charge in [-0.15, -0.1) is 11.3 Å². The predicted octanol–water partition coefficient (Wildman–Crippen LogP) is 4.11. The van der Waals surface area contributed by atoms with Gasteiger partial charge in [-0.05, 0) is 45.1 Å². The summed E-state index contributed by atoms with van der Waals surface area (Å²) >= 11 is 1.95. The molecule has 0 atom stereocenters. The topological polar surface area (TPSA) is 24.9 Å². The summed E-state index contributed by atoms with van der Waals surface area (Å²) in [5.74, 6) is 1.72. The average Bonchev–Trinajstić information content (AvgIpc) is 2.82. The van der Waals surface area contributed by atoms with Crippen LogP contribution in [0.3, 0.4) is 0 Å². The Kier molecular flexibility index (Phi) is 5.19. The van der Waals surface area contributed by atoms with E-state index in [4.69, 9.17) is 4.98 Å². The molecular formula is C15H26N2S. The second kappa shape index (κ2) is 6.67. The largest absolute Gasteiger partial charge is 0.315 e. The third-order valence-corrected chi connectivity index (χ3v) is 5.50. The average molecular weight is 266 g/mol. The second-order valence-corrected chi connectivity index (χ2v) is 6.55. The third kappa shape index (κ3) is 3.12. The van der Waals surface area contributed by atoms with Crippen LogP contribution in [-0.4, -0.2) is 12.0 Å². The van der Waals surface area contributed by atoms with Gasteiger partial charge in [0.05, 0.1) is 10.7 Å². The molecule has 2 nitrogen and oxygen atoms in total. The van der Waals surface area contributed by atoms with Crippen LogP contribution in [0.15, 0.2) is 0 Å². The maximum absolute atomic E-state index is 4.90. The fraction of sp³-hybridized carbons (Fsp3) is 0.800. The summed E-state index contributed by atoms with van der Waals surface area (Å²) in [6, 6.07) is 0. The van der Waals surface area contributed by atoms with E-state index in [-0.39, 0.29) is 0 Å². The van der Waals surface area contributed by atoms with Gasteiger partial charge in [-0.2, -0.15) is 0 Å². The first-order valence-corrected chi connectivity index (χ1v) is 8.23. The minimum absolute atomic E-state index is 0.744. The molecule has 0 bridgehead atoms. The molecule has 18 heavy (non-hydrogen) atoms. The van der Waals surface area contributed by atoms with Crippen LogP contribution < -0.4 is 5.32 Å². The van der Waals surface area contributed by atoms with E-state index >= 15 is 0 Å². The Bertz CT molecular complexity index is 365. The van der Waals surface area contributed by atoms with E-state index in [0.717, 1.165) is 24.8 Å². The van der Waals surface area contributed by atoms with Crippen molar-refractivity contribution in [2.24, 2.45) is 5.92 Å². The highest BCUT2D eigenvalue weighted by molar-refractivity contribution is 7.11. The van der Waals surface area contributed by atoms with Crippen molar-refractivity contribution in [3.63, 3.8) is 0 Å². The molecule has 0 spiro atoms. The molecule has 1 fully saturated rings. The van der Waals surface area contributed by atoms with Crippen molar-refractivity contribution >= 4 is 11.3 Å². The smallest absolute Gasteiger partial charge is 0.0962 e. The van der Waals surface area contributed by atoms with Crippen LogP contribution in [0.25, 0.3) is 0 Å². The molecule has 0 aliphatic heterocycles. The molecular weight excluding hydrogens is 240 g/mol. The molecule has 1 saturated carbocycles. The van der Waals surface area contributed by atoms with Crippen LogP contribution in [0, 0.1) is 5.92 Å². The Morgan fingerprint density at radius 1 is 1.22 bits per heavy atom. The molecule has 1 heterocycles. The predicted molar refractivity (Wildman–Crippen MR) is 79.2 cm³/mol. The highest BCUT2D eigenvalue weighted by Crippen LogP contribution is 2.39. The molecule has 0 amide bonds. The van der Waals surface area contributed by atoms with Crippen molar-refractivity contribution < 1.29 is 0 Å². The molecule has 3 heteroatoms. The maximum Gasteiger partial charge on any atom is 0.0962 e. The summed E-state index contributed by atoms with van der Waals surface area (Å²) in [4.78, 5) is 6.35. The summed E-state index contributed by atoms with van der Waals surface area (Å²) in [6.07, 6.45) is 7.95. The van der Waals surface area contributed by atoms with Gasteiger partial charge in [0.1, 0.15) is 0 Å². The Hall–Kier alpha value is -0.410. The van der Waals surface area contributed by atoms with Gasteiger partial charge in [-0.1, -0.05) is 20.3 Å². The van der Waals surface area contributed by atoms with Crippen LogP contribution >= 0.6 is 11.3 Å². The van der Waals surface area contributed by atoms with Crippen LogP contribution in [0.1, 0.15) is 67.4 Å². The zero-order chi connectivity index (χ0) is 13.0. The number of nitrogens with zero attached hydrogens (tertiary/aromatic N) is 1. The second-order valence-electron chi connectivity index (χ2n) is 5.43. The summed E-state index contributed by atoms with van der Waals surface area (Å²) < 4.78 is 0. The standard InChI is InChI=1S/C15H26N2S/c1-4-11-6-8-12(9-7-11)15-17-13(5-2)14(18-15)10-16-3/h11-12,16H,4-10H2,1-3H3. The monoisotopic (exact) mass is 266 g/mol. The molecule has 0 unspecified atom stereocenters. The van der Waals surface area contributed by atoms with E-state index in [0.29, 0.717) is 0 Å². The Morgan fingerprint density at radius 2 is 1.94 bits per heavy atom. The Balaban J connectivity index is 2.05. The zero-order valence-electron chi connectivity index (χ0n) is 12.0. The van der Waals surface area contributed by atoms with Gasteiger partial charge in [-0.25, -0.2) is 4.98 Å². The fourth-order valence-electron chi connectivity index (χ4n) is 2.97. The molecule has 0 saturated heterocycles. The first-order chi connectivity index (χ1) is 8.78. The van der Waals surface area contributed by atoms with Gasteiger partial charge in [0, 0.05) is 17.3 Å². The molecule has 1 aromatic rings. The van der Waals surface area contributed by atoms with Crippen molar-refractivity contribution in [1.29, 1.82) is 0 Å². The van der Waals surface area contributed by atoms with Gasteiger partial charge in [0.25, 0.3) is 0 Å². The molecule has 1 aromatic heterocycles. The van der Waals surface area contributed by atoms with E-state index in [1.165, 1.54) is 47.7 Å². The van der Waals surface area contributed by atoms with Gasteiger partial charge in [0.2, 0.25) is 0 Å². The maximum atomic E-state index is 4.90. The Morgan fingerprint density at radius 3 is 2.50 bits per heavy atom. The first kappa shape index (κ1) is 14.0. The van der Waals surface area contributed by atoms with E-state index < -0.39 is 0 Å². The number of aryl methyl sites for hydroxylation is 1. The van der Waals surface area contributed by atoms with Gasteiger partial charge in [-0.3, -0.25) is 0 Å². The lowest BCUT2D eigenvalue weighted by atomic mass is 9.81. The van der Waals surface area contributed by atoms with Crippen molar-refractivity contribution in [1.82, 2.24) is 10.3 Å². The Labute approximate surface area is 115 Å². The first-order valence-electron chi connectivity index (χ1n) is 7.41. The lowest BCUT2D eigenvalue weighted by Crippen LogP contribution is -2.12. The van der Waals surface area contributed by atoms with Gasteiger partial charge < -0.3 is 5.32 Å². The number of rotatable bonds is 5. The normalized spacial score (nSPS) is 24.4. The van der Waals surface area contributed by atoms with E-state index in [2.05, 4.69) is 19.2 Å². The van der Waals surface area contributed by atoms with Crippen LogP contribution in [0.2, 0.25) is 0 Å². The van der Waals surface area contributed by atoms with Crippen molar-refractivity contribution in [3.05, 3.63) is 15.6 Å². The summed E-state index contributed by atoms with van der Waals surface area (Å²) in [6.45, 7) is 5.52. The third-order valence-electron chi connectivity index (χ3n) is 4.24.